The zero-order chi connectivity index (χ0) is 29.5. The lowest BCUT2D eigenvalue weighted by Gasteiger charge is -2.19. The maximum Gasteiger partial charge on any atom is 0.0471 e. The normalized spacial score (nSPS) is 12.0. The lowest BCUT2D eigenvalue weighted by atomic mass is 9.84. The Bertz CT molecular complexity index is 2640. The van der Waals surface area contributed by atoms with Crippen LogP contribution in [0.15, 0.2) is 146 Å². The molecule has 10 rings (SSSR count). The van der Waals surface area contributed by atoms with Gasteiger partial charge in [0.2, 0.25) is 0 Å². The Morgan fingerprint density at radius 3 is 1.00 bits per heavy atom. The number of aromatic nitrogens is 3. The summed E-state index contributed by atoms with van der Waals surface area (Å²) >= 11 is 0. The molecule has 3 N–H and O–H groups in total. The molecule has 0 amide bonds. The largest absolute Gasteiger partial charge is 0.354 e. The number of hydrogen-bond donors (Lipinski definition) is 3. The van der Waals surface area contributed by atoms with Gasteiger partial charge in [-0.25, -0.2) is 0 Å². The van der Waals surface area contributed by atoms with Crippen LogP contribution in [-0.2, 0) is 0 Å². The number of H-pyrrole nitrogens is 3. The van der Waals surface area contributed by atoms with Crippen molar-refractivity contribution < 1.29 is 0 Å². The van der Waals surface area contributed by atoms with Gasteiger partial charge in [0.05, 0.1) is 0 Å². The molecular weight excluding hydrogens is 546 g/mol. The lowest BCUT2D eigenvalue weighted by molar-refractivity contribution is 1.54. The van der Waals surface area contributed by atoms with Crippen LogP contribution in [0.5, 0.6) is 0 Å². The Morgan fingerprint density at radius 1 is 0.244 bits per heavy atom. The van der Waals surface area contributed by atoms with Crippen LogP contribution in [0.4, 0.5) is 0 Å². The van der Waals surface area contributed by atoms with Gasteiger partial charge in [-0.05, 0) is 69.8 Å². The fraction of sp³-hybridized carbons (Fsp3) is 0. The van der Waals surface area contributed by atoms with Crippen LogP contribution in [0.25, 0.3) is 98.8 Å². The minimum absolute atomic E-state index is 1.14. The number of benzene rings is 7. The van der Waals surface area contributed by atoms with Crippen LogP contribution in [-0.4, -0.2) is 15.0 Å². The van der Waals surface area contributed by atoms with Crippen molar-refractivity contribution in [3.63, 3.8) is 0 Å². The Balaban J connectivity index is 1.40. The van der Waals surface area contributed by atoms with E-state index < -0.39 is 0 Å². The van der Waals surface area contributed by atoms with Crippen molar-refractivity contribution in [2.24, 2.45) is 0 Å². The minimum atomic E-state index is 1.14. The third-order valence-corrected chi connectivity index (χ3v) is 9.50. The van der Waals surface area contributed by atoms with Gasteiger partial charge in [0.15, 0.2) is 0 Å². The minimum Gasteiger partial charge on any atom is -0.354 e. The Morgan fingerprint density at radius 2 is 0.556 bits per heavy atom. The summed E-state index contributed by atoms with van der Waals surface area (Å²) in [6.45, 7) is 0. The molecule has 45 heavy (non-hydrogen) atoms. The Hall–Kier alpha value is -6.06. The smallest absolute Gasteiger partial charge is 0.0471 e. The molecule has 3 heterocycles. The van der Waals surface area contributed by atoms with Gasteiger partial charge >= 0.3 is 0 Å². The molecule has 0 aliphatic carbocycles. The van der Waals surface area contributed by atoms with Gasteiger partial charge in [0, 0.05) is 65.4 Å². The SMILES string of the molecule is c1cc(-c2cccc3[nH]c4ccccc4c23)c(-c2cccc3[nH]c4ccccc4c23)c(-c2cccc3[nH]c4ccccc4c23)c1. The monoisotopic (exact) mass is 573 g/mol. The topological polar surface area (TPSA) is 47.4 Å². The van der Waals surface area contributed by atoms with Crippen molar-refractivity contribution >= 4 is 65.4 Å². The van der Waals surface area contributed by atoms with E-state index in [1.165, 1.54) is 65.7 Å². The van der Waals surface area contributed by atoms with E-state index in [2.05, 4.69) is 161 Å². The van der Waals surface area contributed by atoms with E-state index in [-0.39, 0.29) is 0 Å². The molecule has 10 aromatic rings. The van der Waals surface area contributed by atoms with Crippen molar-refractivity contribution in [3.8, 4) is 33.4 Å². The third kappa shape index (κ3) is 3.46. The molecule has 0 saturated heterocycles. The molecule has 0 radical (unpaired) electrons. The fourth-order valence-corrected chi connectivity index (χ4v) is 7.65. The van der Waals surface area contributed by atoms with Gasteiger partial charge < -0.3 is 15.0 Å². The Labute approximate surface area is 258 Å². The number of aromatic amines is 3. The van der Waals surface area contributed by atoms with Gasteiger partial charge in [0.1, 0.15) is 0 Å². The molecule has 0 unspecified atom stereocenters. The molecule has 210 valence electrons. The van der Waals surface area contributed by atoms with E-state index in [0.29, 0.717) is 0 Å². The van der Waals surface area contributed by atoms with E-state index in [1.54, 1.807) is 0 Å². The highest BCUT2D eigenvalue weighted by Gasteiger charge is 2.22. The fourth-order valence-electron chi connectivity index (χ4n) is 7.65. The average molecular weight is 574 g/mol. The first-order valence-corrected chi connectivity index (χ1v) is 15.5. The first-order chi connectivity index (χ1) is 22.3. The van der Waals surface area contributed by atoms with Crippen LogP contribution in [0.1, 0.15) is 0 Å². The standard InChI is InChI=1S/C42H27N3/c1-4-19-33-29(11-1)40-27(16-8-22-36(40)43-33)25-14-7-15-26(28-17-9-23-37-41(28)30-12-2-5-20-34(30)44-37)39(25)32-18-10-24-38-42(32)31-13-3-6-21-35(31)45-38/h1-24,43-45H. The quantitative estimate of drug-likeness (QED) is 0.188. The van der Waals surface area contributed by atoms with Gasteiger partial charge in [-0.2, -0.15) is 0 Å². The molecule has 0 atom stereocenters. The summed E-state index contributed by atoms with van der Waals surface area (Å²) < 4.78 is 0. The predicted molar refractivity (Wildman–Crippen MR) is 191 cm³/mol. The van der Waals surface area contributed by atoms with E-state index in [0.717, 1.165) is 33.1 Å². The molecule has 3 aromatic heterocycles. The summed E-state index contributed by atoms with van der Waals surface area (Å²) in [6.07, 6.45) is 0. The summed E-state index contributed by atoms with van der Waals surface area (Å²) in [7, 11) is 0. The molecule has 0 spiro atoms. The molecule has 3 heteroatoms. The lowest BCUT2D eigenvalue weighted by Crippen LogP contribution is -1.92. The van der Waals surface area contributed by atoms with Gasteiger partial charge in [0.25, 0.3) is 0 Å². The zero-order valence-electron chi connectivity index (χ0n) is 24.4. The van der Waals surface area contributed by atoms with Gasteiger partial charge in [-0.15, -0.1) is 0 Å². The number of rotatable bonds is 3. The number of para-hydroxylation sites is 3. The average Bonchev–Trinajstić information content (AvgIpc) is 3.79. The van der Waals surface area contributed by atoms with Crippen molar-refractivity contribution in [1.29, 1.82) is 0 Å². The molecule has 0 saturated carbocycles. The van der Waals surface area contributed by atoms with Gasteiger partial charge in [-0.1, -0.05) is 109 Å². The molecule has 7 aromatic carbocycles. The van der Waals surface area contributed by atoms with E-state index in [1.807, 2.05) is 0 Å². The zero-order valence-corrected chi connectivity index (χ0v) is 24.4. The number of hydrogen-bond acceptors (Lipinski definition) is 0. The van der Waals surface area contributed by atoms with Gasteiger partial charge in [-0.3, -0.25) is 0 Å². The first kappa shape index (κ1) is 24.4. The van der Waals surface area contributed by atoms with E-state index in [9.17, 15) is 0 Å². The molecular formula is C42H27N3. The maximum atomic E-state index is 3.70. The summed E-state index contributed by atoms with van der Waals surface area (Å²) in [4.78, 5) is 11.0. The highest BCUT2D eigenvalue weighted by atomic mass is 14.7. The molecule has 0 aliphatic rings. The van der Waals surface area contributed by atoms with Crippen molar-refractivity contribution in [3.05, 3.63) is 146 Å². The first-order valence-electron chi connectivity index (χ1n) is 15.5. The highest BCUT2D eigenvalue weighted by Crippen LogP contribution is 2.48. The maximum absolute atomic E-state index is 3.70. The second-order valence-electron chi connectivity index (χ2n) is 11.9. The van der Waals surface area contributed by atoms with Crippen LogP contribution >= 0.6 is 0 Å². The molecule has 3 nitrogen and oxygen atoms in total. The number of nitrogens with one attached hydrogen (secondary N) is 3. The Kier molecular flexibility index (Phi) is 5.00. The van der Waals surface area contributed by atoms with Crippen LogP contribution in [0.3, 0.4) is 0 Å². The van der Waals surface area contributed by atoms with Crippen molar-refractivity contribution in [2.75, 3.05) is 0 Å². The third-order valence-electron chi connectivity index (χ3n) is 9.50. The van der Waals surface area contributed by atoms with E-state index in [4.69, 9.17) is 0 Å². The molecule has 0 fully saturated rings. The summed E-state index contributed by atoms with van der Waals surface area (Å²) in [5.41, 5.74) is 14.3. The second-order valence-corrected chi connectivity index (χ2v) is 11.9. The molecule has 0 aliphatic heterocycles. The van der Waals surface area contributed by atoms with Crippen LogP contribution in [0, 0.1) is 0 Å². The number of fused-ring (bicyclic) bond motifs is 9. The second kappa shape index (κ2) is 9.22. The van der Waals surface area contributed by atoms with Crippen LogP contribution < -0.4 is 0 Å². The van der Waals surface area contributed by atoms with Crippen LogP contribution in [0.2, 0.25) is 0 Å². The van der Waals surface area contributed by atoms with Crippen molar-refractivity contribution in [2.45, 2.75) is 0 Å². The summed E-state index contributed by atoms with van der Waals surface area (Å²) in [5, 5.41) is 7.47. The molecule has 0 bridgehead atoms. The highest BCUT2D eigenvalue weighted by molar-refractivity contribution is 6.22. The summed E-state index contributed by atoms with van der Waals surface area (Å²) in [6, 6.07) is 52.7. The summed E-state index contributed by atoms with van der Waals surface area (Å²) in [5.74, 6) is 0. The van der Waals surface area contributed by atoms with Crippen molar-refractivity contribution in [1.82, 2.24) is 15.0 Å². The van der Waals surface area contributed by atoms with E-state index >= 15 is 0 Å². The predicted octanol–water partition coefficient (Wildman–Crippen LogP) is 11.6.